The number of imide groups is 1. The number of nitrogens with zero attached hydrogens (tertiary/aromatic N) is 3. The fourth-order valence-electron chi connectivity index (χ4n) is 2.71. The van der Waals surface area contributed by atoms with E-state index in [1.54, 1.807) is 28.8 Å². The lowest BCUT2D eigenvalue weighted by atomic mass is 10.1. The summed E-state index contributed by atoms with van der Waals surface area (Å²) >= 11 is 1.14. The third-order valence-corrected chi connectivity index (χ3v) is 5.25. The monoisotopic (exact) mass is 438 g/mol. The molecule has 0 fully saturated rings. The van der Waals surface area contributed by atoms with Crippen LogP contribution in [0.25, 0.3) is 5.69 Å². The summed E-state index contributed by atoms with van der Waals surface area (Å²) in [5.74, 6) is -0.663. The summed E-state index contributed by atoms with van der Waals surface area (Å²) in [6.45, 7) is 5.36. The third kappa shape index (κ3) is 6.16. The Labute approximate surface area is 183 Å². The second kappa shape index (κ2) is 9.90. The van der Waals surface area contributed by atoms with Crippen LogP contribution in [0.2, 0.25) is 0 Å². The lowest BCUT2D eigenvalue weighted by Crippen LogP contribution is -2.35. The first-order chi connectivity index (χ1) is 14.8. The van der Waals surface area contributed by atoms with Crippen molar-refractivity contribution in [1.29, 1.82) is 0 Å². The van der Waals surface area contributed by atoms with E-state index in [-0.39, 0.29) is 11.7 Å². The van der Waals surface area contributed by atoms with Gasteiger partial charge in [0.2, 0.25) is 11.8 Å². The van der Waals surface area contributed by atoms with E-state index in [1.807, 2.05) is 32.0 Å². The predicted molar refractivity (Wildman–Crippen MR) is 119 cm³/mol. The lowest BCUT2D eigenvalue weighted by molar-refractivity contribution is -0.117. The van der Waals surface area contributed by atoms with E-state index >= 15 is 0 Å². The normalized spacial score (nSPS) is 10.4. The highest BCUT2D eigenvalue weighted by molar-refractivity contribution is 7.99. The summed E-state index contributed by atoms with van der Waals surface area (Å²) in [6, 6.07) is 12.1. The van der Waals surface area contributed by atoms with Crippen molar-refractivity contribution in [2.75, 3.05) is 16.4 Å². The summed E-state index contributed by atoms with van der Waals surface area (Å²) in [4.78, 5) is 35.5. The third-order valence-electron chi connectivity index (χ3n) is 4.31. The zero-order valence-electron chi connectivity index (χ0n) is 17.3. The van der Waals surface area contributed by atoms with E-state index in [9.17, 15) is 14.4 Å². The molecule has 0 unspecified atom stereocenters. The van der Waals surface area contributed by atoms with Gasteiger partial charge in [-0.05, 0) is 55.3 Å². The molecule has 0 saturated carbocycles. The van der Waals surface area contributed by atoms with Crippen LogP contribution in [0.4, 0.5) is 16.2 Å². The number of benzene rings is 2. The Morgan fingerprint density at radius 3 is 2.52 bits per heavy atom. The molecule has 4 amide bonds. The minimum atomic E-state index is -0.599. The topological polar surface area (TPSA) is 118 Å². The maximum absolute atomic E-state index is 12.2. The molecule has 1 aromatic heterocycles. The van der Waals surface area contributed by atoms with Gasteiger partial charge in [0.05, 0.1) is 11.4 Å². The van der Waals surface area contributed by atoms with Crippen molar-refractivity contribution in [3.05, 3.63) is 59.9 Å². The zero-order valence-corrected chi connectivity index (χ0v) is 18.1. The van der Waals surface area contributed by atoms with E-state index in [4.69, 9.17) is 0 Å². The summed E-state index contributed by atoms with van der Waals surface area (Å²) < 4.78 is 1.69. The van der Waals surface area contributed by atoms with Gasteiger partial charge in [0.25, 0.3) is 0 Å². The molecular formula is C21H22N6O3S. The lowest BCUT2D eigenvalue weighted by Gasteiger charge is -2.10. The molecule has 1 heterocycles. The van der Waals surface area contributed by atoms with Gasteiger partial charge in [0, 0.05) is 18.3 Å². The van der Waals surface area contributed by atoms with Crippen LogP contribution < -0.4 is 16.0 Å². The van der Waals surface area contributed by atoms with Crippen molar-refractivity contribution in [2.45, 2.75) is 25.9 Å². The number of nitrogens with one attached hydrogen (secondary N) is 3. The van der Waals surface area contributed by atoms with Crippen LogP contribution in [0.15, 0.2) is 53.9 Å². The Kier molecular flexibility index (Phi) is 7.03. The summed E-state index contributed by atoms with van der Waals surface area (Å²) in [7, 11) is 0. The number of thioether (sulfide) groups is 1. The summed E-state index contributed by atoms with van der Waals surface area (Å²) in [5, 5.41) is 16.1. The number of rotatable bonds is 6. The molecule has 3 rings (SSSR count). The Morgan fingerprint density at radius 1 is 1.00 bits per heavy atom. The highest BCUT2D eigenvalue weighted by Crippen LogP contribution is 2.21. The molecule has 10 heteroatoms. The number of hydrogen-bond donors (Lipinski definition) is 3. The van der Waals surface area contributed by atoms with E-state index < -0.39 is 11.9 Å². The van der Waals surface area contributed by atoms with Gasteiger partial charge in [-0.15, -0.1) is 10.2 Å². The number of urea groups is 1. The van der Waals surface area contributed by atoms with Crippen molar-refractivity contribution in [2.24, 2.45) is 0 Å². The molecule has 0 saturated heterocycles. The molecule has 0 aliphatic carbocycles. The molecule has 0 radical (unpaired) electrons. The van der Waals surface area contributed by atoms with Gasteiger partial charge in [-0.1, -0.05) is 23.9 Å². The number of aromatic nitrogens is 3. The molecule has 3 N–H and O–H groups in total. The number of hydrogen-bond acceptors (Lipinski definition) is 6. The van der Waals surface area contributed by atoms with Crippen LogP contribution in [0.3, 0.4) is 0 Å². The van der Waals surface area contributed by atoms with Crippen LogP contribution in [-0.2, 0) is 9.59 Å². The zero-order chi connectivity index (χ0) is 22.4. The SMILES string of the molecule is CC(=O)Nc1cccc(-n2cnnc2SCC(=O)NC(=O)Nc2ccc(C)c(C)c2)c1. The Bertz CT molecular complexity index is 1130. The molecule has 0 aliphatic rings. The second-order valence-electron chi connectivity index (χ2n) is 6.81. The van der Waals surface area contributed by atoms with Crippen LogP contribution in [-0.4, -0.2) is 38.4 Å². The quantitative estimate of drug-likeness (QED) is 0.508. The molecule has 9 nitrogen and oxygen atoms in total. The first-order valence-corrected chi connectivity index (χ1v) is 10.4. The van der Waals surface area contributed by atoms with Crippen molar-refractivity contribution in [3.8, 4) is 5.69 Å². The standard InChI is InChI=1S/C21H22N6O3S/c1-13-7-8-17(9-14(13)2)24-20(30)25-19(29)11-31-21-26-22-12-27(21)18-6-4-5-16(10-18)23-15(3)28/h4-10,12H,11H2,1-3H3,(H,23,28)(H2,24,25,29,30). The number of aryl methyl sites for hydroxylation is 2. The summed E-state index contributed by atoms with van der Waals surface area (Å²) in [6.07, 6.45) is 1.51. The molecule has 0 aliphatic heterocycles. The van der Waals surface area contributed by atoms with Gasteiger partial charge in [-0.25, -0.2) is 4.79 Å². The molecular weight excluding hydrogens is 416 g/mol. The van der Waals surface area contributed by atoms with Gasteiger partial charge in [-0.2, -0.15) is 0 Å². The van der Waals surface area contributed by atoms with Crippen LogP contribution >= 0.6 is 11.8 Å². The van der Waals surface area contributed by atoms with Gasteiger partial charge in [-0.3, -0.25) is 19.5 Å². The largest absolute Gasteiger partial charge is 0.326 e. The van der Waals surface area contributed by atoms with Crippen LogP contribution in [0, 0.1) is 13.8 Å². The number of carbonyl (C=O) groups is 3. The molecule has 31 heavy (non-hydrogen) atoms. The first-order valence-electron chi connectivity index (χ1n) is 9.41. The molecule has 2 aromatic carbocycles. The highest BCUT2D eigenvalue weighted by atomic mass is 32.2. The average Bonchev–Trinajstić information content (AvgIpc) is 3.17. The van der Waals surface area contributed by atoms with Crippen molar-refractivity contribution >= 4 is 41.0 Å². The van der Waals surface area contributed by atoms with E-state index in [0.717, 1.165) is 28.6 Å². The van der Waals surface area contributed by atoms with Gasteiger partial charge < -0.3 is 10.6 Å². The molecule has 0 atom stereocenters. The minimum absolute atomic E-state index is 0.0234. The highest BCUT2D eigenvalue weighted by Gasteiger charge is 2.13. The van der Waals surface area contributed by atoms with Gasteiger partial charge >= 0.3 is 6.03 Å². The minimum Gasteiger partial charge on any atom is -0.326 e. The number of anilines is 2. The number of carbonyl (C=O) groups excluding carboxylic acids is 3. The van der Waals surface area contributed by atoms with Gasteiger partial charge in [0.1, 0.15) is 6.33 Å². The summed E-state index contributed by atoms with van der Waals surface area (Å²) in [5.41, 5.74) is 4.13. The van der Waals surface area contributed by atoms with E-state index in [2.05, 4.69) is 26.1 Å². The smallest absolute Gasteiger partial charge is 0.325 e. The van der Waals surface area contributed by atoms with Crippen molar-refractivity contribution in [1.82, 2.24) is 20.1 Å². The predicted octanol–water partition coefficient (Wildman–Crippen LogP) is 3.28. The van der Waals surface area contributed by atoms with Crippen LogP contribution in [0.5, 0.6) is 0 Å². The van der Waals surface area contributed by atoms with E-state index in [1.165, 1.54) is 13.3 Å². The van der Waals surface area contributed by atoms with Crippen molar-refractivity contribution < 1.29 is 14.4 Å². The Balaban J connectivity index is 1.58. The fraction of sp³-hybridized carbons (Fsp3) is 0.190. The Morgan fingerprint density at radius 2 is 1.77 bits per heavy atom. The first kappa shape index (κ1) is 22.0. The average molecular weight is 439 g/mol. The molecule has 0 spiro atoms. The Hall–Kier alpha value is -3.66. The molecule has 0 bridgehead atoms. The number of amides is 4. The van der Waals surface area contributed by atoms with Gasteiger partial charge in [0.15, 0.2) is 5.16 Å². The molecule has 160 valence electrons. The van der Waals surface area contributed by atoms with Crippen molar-refractivity contribution in [3.63, 3.8) is 0 Å². The van der Waals surface area contributed by atoms with Crippen LogP contribution in [0.1, 0.15) is 18.1 Å². The maximum atomic E-state index is 12.2. The fourth-order valence-corrected chi connectivity index (χ4v) is 3.44. The van der Waals surface area contributed by atoms with E-state index in [0.29, 0.717) is 16.5 Å². The second-order valence-corrected chi connectivity index (χ2v) is 7.75. The molecule has 3 aromatic rings. The maximum Gasteiger partial charge on any atom is 0.325 e.